The third kappa shape index (κ3) is 3.93. The van der Waals surface area contributed by atoms with Gasteiger partial charge in [-0.15, -0.1) is 0 Å². The molecular formula is C17H15ClFNO3. The lowest BCUT2D eigenvalue weighted by molar-refractivity contribution is -0.116. The molecule has 0 saturated carbocycles. The maximum absolute atomic E-state index is 13.1. The van der Waals surface area contributed by atoms with Crippen LogP contribution in [-0.2, 0) is 11.2 Å². The zero-order chi connectivity index (χ0) is 16.2. The molecule has 0 fully saturated rings. The number of nitrogens with one attached hydrogen (secondary N) is 1. The van der Waals surface area contributed by atoms with E-state index in [0.717, 1.165) is 5.56 Å². The van der Waals surface area contributed by atoms with Crippen LogP contribution in [0.2, 0.25) is 5.02 Å². The third-order valence-electron chi connectivity index (χ3n) is 3.44. The van der Waals surface area contributed by atoms with Gasteiger partial charge in [0, 0.05) is 18.6 Å². The van der Waals surface area contributed by atoms with E-state index in [0.29, 0.717) is 41.8 Å². The van der Waals surface area contributed by atoms with E-state index in [2.05, 4.69) is 5.32 Å². The van der Waals surface area contributed by atoms with Crippen molar-refractivity contribution in [1.82, 2.24) is 0 Å². The molecule has 4 nitrogen and oxygen atoms in total. The molecule has 6 heteroatoms. The zero-order valence-electron chi connectivity index (χ0n) is 12.3. The fraction of sp³-hybridized carbons (Fsp3) is 0.235. The van der Waals surface area contributed by atoms with Crippen LogP contribution in [0, 0.1) is 5.82 Å². The molecule has 120 valence electrons. The van der Waals surface area contributed by atoms with Gasteiger partial charge in [-0.05, 0) is 24.1 Å². The molecule has 23 heavy (non-hydrogen) atoms. The Morgan fingerprint density at radius 1 is 1.17 bits per heavy atom. The molecule has 0 spiro atoms. The van der Waals surface area contributed by atoms with Crippen molar-refractivity contribution in [2.24, 2.45) is 0 Å². The van der Waals surface area contributed by atoms with Gasteiger partial charge in [0.05, 0.1) is 10.7 Å². The van der Waals surface area contributed by atoms with Crippen molar-refractivity contribution in [2.75, 3.05) is 18.5 Å². The Balaban J connectivity index is 1.63. The molecule has 1 N–H and O–H groups in total. The summed E-state index contributed by atoms with van der Waals surface area (Å²) in [5.74, 6) is 0.616. The van der Waals surface area contributed by atoms with Crippen molar-refractivity contribution in [3.63, 3.8) is 0 Å². The van der Waals surface area contributed by atoms with Crippen molar-refractivity contribution in [2.45, 2.75) is 12.8 Å². The van der Waals surface area contributed by atoms with E-state index in [1.807, 2.05) is 0 Å². The van der Waals surface area contributed by atoms with E-state index >= 15 is 0 Å². The van der Waals surface area contributed by atoms with Gasteiger partial charge in [0.15, 0.2) is 11.5 Å². The first-order valence-corrected chi connectivity index (χ1v) is 7.63. The number of anilines is 1. The molecule has 0 unspecified atom stereocenters. The number of aryl methyl sites for hydroxylation is 1. The van der Waals surface area contributed by atoms with Crippen molar-refractivity contribution in [3.8, 4) is 11.5 Å². The van der Waals surface area contributed by atoms with Gasteiger partial charge in [-0.25, -0.2) is 4.39 Å². The first kappa shape index (κ1) is 15.6. The van der Waals surface area contributed by atoms with E-state index < -0.39 is 0 Å². The van der Waals surface area contributed by atoms with E-state index in [4.69, 9.17) is 21.1 Å². The molecule has 2 aromatic rings. The highest BCUT2D eigenvalue weighted by molar-refractivity contribution is 6.34. The third-order valence-corrected chi connectivity index (χ3v) is 3.75. The highest BCUT2D eigenvalue weighted by atomic mass is 35.5. The van der Waals surface area contributed by atoms with Crippen molar-refractivity contribution >= 4 is 23.2 Å². The Kier molecular flexibility index (Phi) is 4.67. The second-order valence-electron chi connectivity index (χ2n) is 5.15. The molecule has 0 atom stereocenters. The monoisotopic (exact) mass is 335 g/mol. The first-order valence-electron chi connectivity index (χ1n) is 7.25. The summed E-state index contributed by atoms with van der Waals surface area (Å²) < 4.78 is 24.0. The maximum atomic E-state index is 13.1. The molecule has 0 aromatic heterocycles. The molecule has 1 heterocycles. The van der Waals surface area contributed by atoms with Crippen LogP contribution < -0.4 is 14.8 Å². The summed E-state index contributed by atoms with van der Waals surface area (Å²) in [5.41, 5.74) is 1.24. The normalized spacial score (nSPS) is 12.8. The molecule has 0 radical (unpaired) electrons. The number of hydrogen-bond acceptors (Lipinski definition) is 3. The summed E-state index contributed by atoms with van der Waals surface area (Å²) in [6.45, 7) is 0.935. The number of amides is 1. The van der Waals surface area contributed by atoms with Crippen molar-refractivity contribution in [1.29, 1.82) is 0 Å². The van der Waals surface area contributed by atoms with Crippen molar-refractivity contribution < 1.29 is 18.7 Å². The summed E-state index contributed by atoms with van der Waals surface area (Å²) in [4.78, 5) is 12.1. The minimum atomic E-state index is -0.308. The molecule has 1 amide bonds. The Labute approximate surface area is 138 Å². The SMILES string of the molecule is O=C(CCc1cccc(F)c1)Nc1cc2c(cc1Cl)OCCO2. The largest absolute Gasteiger partial charge is 0.486 e. The molecule has 1 aliphatic heterocycles. The summed E-state index contributed by atoms with van der Waals surface area (Å²) in [5, 5.41) is 3.13. The molecule has 1 aliphatic rings. The van der Waals surface area contributed by atoms with Crippen LogP contribution in [0.25, 0.3) is 0 Å². The Hall–Kier alpha value is -2.27. The van der Waals surface area contributed by atoms with E-state index in [1.54, 1.807) is 24.3 Å². The number of carbonyl (C=O) groups excluding carboxylic acids is 1. The minimum absolute atomic E-state index is 0.201. The summed E-state index contributed by atoms with van der Waals surface area (Å²) in [6, 6.07) is 9.48. The summed E-state index contributed by atoms with van der Waals surface area (Å²) >= 11 is 6.14. The van der Waals surface area contributed by atoms with Gasteiger partial charge in [-0.2, -0.15) is 0 Å². The lowest BCUT2D eigenvalue weighted by Crippen LogP contribution is -2.17. The van der Waals surface area contributed by atoms with Crippen LogP contribution in [0.1, 0.15) is 12.0 Å². The Morgan fingerprint density at radius 3 is 2.65 bits per heavy atom. The predicted molar refractivity (Wildman–Crippen MR) is 85.8 cm³/mol. The van der Waals surface area contributed by atoms with Crippen LogP contribution in [0.4, 0.5) is 10.1 Å². The second-order valence-corrected chi connectivity index (χ2v) is 5.56. The van der Waals surface area contributed by atoms with Gasteiger partial charge in [0.1, 0.15) is 19.0 Å². The zero-order valence-corrected chi connectivity index (χ0v) is 13.0. The van der Waals surface area contributed by atoms with Crippen LogP contribution >= 0.6 is 11.6 Å². The minimum Gasteiger partial charge on any atom is -0.486 e. The summed E-state index contributed by atoms with van der Waals surface area (Å²) in [7, 11) is 0. The molecule has 0 saturated heterocycles. The van der Waals surface area contributed by atoms with Crippen LogP contribution in [0.5, 0.6) is 11.5 Å². The number of carbonyl (C=O) groups is 1. The molecular weight excluding hydrogens is 321 g/mol. The number of hydrogen-bond donors (Lipinski definition) is 1. The highest BCUT2D eigenvalue weighted by Crippen LogP contribution is 2.37. The van der Waals surface area contributed by atoms with Crippen LogP contribution in [-0.4, -0.2) is 19.1 Å². The average molecular weight is 336 g/mol. The van der Waals surface area contributed by atoms with E-state index in [1.165, 1.54) is 12.1 Å². The number of halogens is 2. The Morgan fingerprint density at radius 2 is 1.91 bits per heavy atom. The maximum Gasteiger partial charge on any atom is 0.224 e. The average Bonchev–Trinajstić information content (AvgIpc) is 2.54. The van der Waals surface area contributed by atoms with E-state index in [9.17, 15) is 9.18 Å². The standard InChI is InChI=1S/C17H15ClFNO3/c18-13-9-15-16(23-7-6-22-15)10-14(13)20-17(21)5-4-11-2-1-3-12(19)8-11/h1-3,8-10H,4-7H2,(H,20,21). The lowest BCUT2D eigenvalue weighted by atomic mass is 10.1. The van der Waals surface area contributed by atoms with Gasteiger partial charge >= 0.3 is 0 Å². The number of rotatable bonds is 4. The van der Waals surface area contributed by atoms with E-state index in [-0.39, 0.29) is 18.1 Å². The second kappa shape index (κ2) is 6.87. The van der Waals surface area contributed by atoms with Gasteiger partial charge in [0.2, 0.25) is 5.91 Å². The summed E-state index contributed by atoms with van der Waals surface area (Å²) in [6.07, 6.45) is 0.681. The topological polar surface area (TPSA) is 47.6 Å². The lowest BCUT2D eigenvalue weighted by Gasteiger charge is -2.20. The van der Waals surface area contributed by atoms with Gasteiger partial charge in [0.25, 0.3) is 0 Å². The quantitative estimate of drug-likeness (QED) is 0.924. The molecule has 3 rings (SSSR count). The molecule has 2 aromatic carbocycles. The number of benzene rings is 2. The van der Waals surface area contributed by atoms with Gasteiger partial charge in [-0.1, -0.05) is 23.7 Å². The number of fused-ring (bicyclic) bond motifs is 1. The fourth-order valence-corrected chi connectivity index (χ4v) is 2.52. The molecule has 0 aliphatic carbocycles. The van der Waals surface area contributed by atoms with Crippen LogP contribution in [0.15, 0.2) is 36.4 Å². The number of ether oxygens (including phenoxy) is 2. The highest BCUT2D eigenvalue weighted by Gasteiger charge is 2.16. The predicted octanol–water partition coefficient (Wildman–Crippen LogP) is 3.82. The smallest absolute Gasteiger partial charge is 0.224 e. The molecule has 0 bridgehead atoms. The van der Waals surface area contributed by atoms with Crippen molar-refractivity contribution in [3.05, 3.63) is 52.8 Å². The Bertz CT molecular complexity index is 736. The van der Waals surface area contributed by atoms with Crippen LogP contribution in [0.3, 0.4) is 0 Å². The fourth-order valence-electron chi connectivity index (χ4n) is 2.32. The first-order chi connectivity index (χ1) is 11.1. The van der Waals surface area contributed by atoms with Gasteiger partial charge in [-0.3, -0.25) is 4.79 Å². The van der Waals surface area contributed by atoms with Gasteiger partial charge < -0.3 is 14.8 Å².